The summed E-state index contributed by atoms with van der Waals surface area (Å²) in [6.45, 7) is 3.55. The standard InChI is InChI=1S/C27H21NO7S2/c1-17-6-5-8-19(14-17)34-36(30,31)20-10-12-22-23-13-11-21(16-25(23)27(28-29)24(22)15-20)37(32,33)35-26-9-4-3-7-18(26)2/h3-16,29H,1-2H3/b28-27+. The summed E-state index contributed by atoms with van der Waals surface area (Å²) in [7, 11) is -8.39. The van der Waals surface area contributed by atoms with Gasteiger partial charge in [-0.25, -0.2) is 0 Å². The average molecular weight is 536 g/mol. The number of oxime groups is 1. The third kappa shape index (κ3) is 4.56. The summed E-state index contributed by atoms with van der Waals surface area (Å²) >= 11 is 0. The fraction of sp³-hybridized carbons (Fsp3) is 0.0741. The lowest BCUT2D eigenvalue weighted by atomic mass is 10.1. The molecule has 188 valence electrons. The zero-order valence-electron chi connectivity index (χ0n) is 19.7. The molecule has 4 aromatic rings. The Bertz CT molecular complexity index is 1790. The van der Waals surface area contributed by atoms with Gasteiger partial charge in [0.05, 0.1) is 0 Å². The van der Waals surface area contributed by atoms with Crippen molar-refractivity contribution in [2.75, 3.05) is 0 Å². The monoisotopic (exact) mass is 535 g/mol. The Kier molecular flexibility index (Phi) is 6.01. The van der Waals surface area contributed by atoms with Crippen LogP contribution < -0.4 is 8.37 Å². The van der Waals surface area contributed by atoms with Crippen molar-refractivity contribution < 1.29 is 30.4 Å². The molecule has 0 unspecified atom stereocenters. The van der Waals surface area contributed by atoms with E-state index < -0.39 is 20.2 Å². The van der Waals surface area contributed by atoms with Crippen molar-refractivity contribution in [2.45, 2.75) is 23.6 Å². The van der Waals surface area contributed by atoms with Crippen LogP contribution in [-0.2, 0) is 20.2 Å². The molecule has 0 radical (unpaired) electrons. The molecule has 1 N–H and O–H groups in total. The van der Waals surface area contributed by atoms with E-state index in [0.29, 0.717) is 27.8 Å². The molecule has 0 fully saturated rings. The SMILES string of the molecule is Cc1cccc(OS(=O)(=O)c2ccc3c(c2)/C(=N\O)c2cc(S(=O)(=O)Oc4ccccc4C)ccc2-3)c1. The van der Waals surface area contributed by atoms with Crippen molar-refractivity contribution in [1.82, 2.24) is 0 Å². The summed E-state index contributed by atoms with van der Waals surface area (Å²) in [5, 5.41) is 13.2. The fourth-order valence-electron chi connectivity index (χ4n) is 4.13. The third-order valence-electron chi connectivity index (χ3n) is 5.95. The lowest BCUT2D eigenvalue weighted by Gasteiger charge is -2.10. The van der Waals surface area contributed by atoms with Crippen LogP contribution in [0.2, 0.25) is 0 Å². The first kappa shape index (κ1) is 24.5. The van der Waals surface area contributed by atoms with Crippen LogP contribution in [0.4, 0.5) is 0 Å². The van der Waals surface area contributed by atoms with E-state index in [1.165, 1.54) is 30.3 Å². The van der Waals surface area contributed by atoms with Crippen molar-refractivity contribution in [1.29, 1.82) is 0 Å². The van der Waals surface area contributed by atoms with E-state index in [1.54, 1.807) is 55.5 Å². The highest BCUT2D eigenvalue weighted by Crippen LogP contribution is 2.40. The van der Waals surface area contributed by atoms with E-state index in [1.807, 2.05) is 13.0 Å². The molecule has 0 amide bonds. The highest BCUT2D eigenvalue weighted by atomic mass is 32.2. The van der Waals surface area contributed by atoms with Crippen LogP contribution in [0, 0.1) is 13.8 Å². The molecule has 1 aliphatic carbocycles. The first-order chi connectivity index (χ1) is 17.6. The van der Waals surface area contributed by atoms with Crippen LogP contribution in [0.1, 0.15) is 22.3 Å². The summed E-state index contributed by atoms with van der Waals surface area (Å²) in [6, 6.07) is 22.0. The van der Waals surface area contributed by atoms with Gasteiger partial charge in [-0.2, -0.15) is 16.8 Å². The van der Waals surface area contributed by atoms with E-state index in [4.69, 9.17) is 8.37 Å². The minimum absolute atomic E-state index is 0.0329. The maximum absolute atomic E-state index is 13.0. The normalized spacial score (nSPS) is 13.7. The average Bonchev–Trinajstić information content (AvgIpc) is 3.17. The van der Waals surface area contributed by atoms with E-state index in [2.05, 4.69) is 5.16 Å². The number of rotatable bonds is 6. The Balaban J connectivity index is 1.51. The molecule has 0 saturated carbocycles. The van der Waals surface area contributed by atoms with Gasteiger partial charge in [-0.3, -0.25) is 0 Å². The lowest BCUT2D eigenvalue weighted by molar-refractivity contribution is 0.320. The molecule has 0 spiro atoms. The smallest absolute Gasteiger partial charge is 0.339 e. The first-order valence-electron chi connectivity index (χ1n) is 11.1. The zero-order valence-corrected chi connectivity index (χ0v) is 21.4. The topological polar surface area (TPSA) is 119 Å². The van der Waals surface area contributed by atoms with Gasteiger partial charge in [-0.1, -0.05) is 47.6 Å². The first-order valence-corrected chi connectivity index (χ1v) is 13.9. The van der Waals surface area contributed by atoms with E-state index in [9.17, 15) is 22.0 Å². The van der Waals surface area contributed by atoms with Gasteiger partial charge in [-0.05, 0) is 78.6 Å². The van der Waals surface area contributed by atoms with Crippen LogP contribution in [-0.4, -0.2) is 27.8 Å². The van der Waals surface area contributed by atoms with Gasteiger partial charge in [0.1, 0.15) is 27.0 Å². The van der Waals surface area contributed by atoms with Gasteiger partial charge in [0.25, 0.3) is 0 Å². The molecule has 0 saturated heterocycles. The molecular weight excluding hydrogens is 514 g/mol. The molecule has 0 atom stereocenters. The van der Waals surface area contributed by atoms with Crippen LogP contribution in [0.3, 0.4) is 0 Å². The Hall–Kier alpha value is -4.15. The molecule has 8 nitrogen and oxygen atoms in total. The van der Waals surface area contributed by atoms with Crippen molar-refractivity contribution in [3.8, 4) is 22.6 Å². The molecule has 0 aliphatic heterocycles. The maximum atomic E-state index is 13.0. The molecule has 37 heavy (non-hydrogen) atoms. The van der Waals surface area contributed by atoms with Crippen molar-refractivity contribution >= 4 is 25.9 Å². The molecule has 1 aliphatic rings. The van der Waals surface area contributed by atoms with Crippen molar-refractivity contribution in [3.05, 3.63) is 107 Å². The molecule has 0 bridgehead atoms. The lowest BCUT2D eigenvalue weighted by Crippen LogP contribution is -2.12. The predicted molar refractivity (Wildman–Crippen MR) is 137 cm³/mol. The summed E-state index contributed by atoms with van der Waals surface area (Å²) in [5.74, 6) is 0.370. The van der Waals surface area contributed by atoms with Crippen LogP contribution in [0.25, 0.3) is 11.1 Å². The van der Waals surface area contributed by atoms with E-state index >= 15 is 0 Å². The van der Waals surface area contributed by atoms with Gasteiger partial charge in [0.15, 0.2) is 0 Å². The van der Waals surface area contributed by atoms with Crippen molar-refractivity contribution in [2.24, 2.45) is 5.16 Å². The Morgan fingerprint density at radius 2 is 1.24 bits per heavy atom. The zero-order chi connectivity index (χ0) is 26.4. The molecular formula is C27H21NO7S2. The van der Waals surface area contributed by atoms with Gasteiger partial charge in [0.2, 0.25) is 0 Å². The molecule has 4 aromatic carbocycles. The summed E-state index contributed by atoms with van der Waals surface area (Å²) in [6.07, 6.45) is 0. The second-order valence-corrected chi connectivity index (χ2v) is 11.6. The van der Waals surface area contributed by atoms with Gasteiger partial charge >= 0.3 is 20.2 Å². The van der Waals surface area contributed by atoms with E-state index in [-0.39, 0.29) is 27.0 Å². The summed E-state index contributed by atoms with van der Waals surface area (Å²) < 4.78 is 62.5. The number of benzene rings is 4. The summed E-state index contributed by atoms with van der Waals surface area (Å²) in [4.78, 5) is -0.281. The van der Waals surface area contributed by atoms with Crippen LogP contribution in [0.15, 0.2) is 99.9 Å². The number of para-hydroxylation sites is 1. The summed E-state index contributed by atoms with van der Waals surface area (Å²) in [5.41, 5.74) is 3.33. The highest BCUT2D eigenvalue weighted by Gasteiger charge is 2.30. The van der Waals surface area contributed by atoms with Gasteiger partial charge < -0.3 is 13.6 Å². The quantitative estimate of drug-likeness (QED) is 0.184. The molecule has 10 heteroatoms. The van der Waals surface area contributed by atoms with Gasteiger partial charge in [-0.15, -0.1) is 0 Å². The number of hydrogen-bond acceptors (Lipinski definition) is 8. The minimum Gasteiger partial charge on any atom is -0.410 e. The highest BCUT2D eigenvalue weighted by molar-refractivity contribution is 7.87. The molecule has 0 aromatic heterocycles. The predicted octanol–water partition coefficient (Wildman–Crippen LogP) is 5.05. The Labute approximate surface area is 214 Å². The van der Waals surface area contributed by atoms with Crippen LogP contribution in [0.5, 0.6) is 11.5 Å². The largest absolute Gasteiger partial charge is 0.410 e. The Morgan fingerprint density at radius 1 is 0.649 bits per heavy atom. The number of nitrogens with zero attached hydrogens (tertiary/aromatic N) is 1. The number of hydrogen-bond donors (Lipinski definition) is 1. The van der Waals surface area contributed by atoms with Gasteiger partial charge in [0, 0.05) is 11.1 Å². The second kappa shape index (κ2) is 9.06. The third-order valence-corrected chi connectivity index (χ3v) is 8.42. The molecule has 0 heterocycles. The van der Waals surface area contributed by atoms with Crippen molar-refractivity contribution in [3.63, 3.8) is 0 Å². The number of aryl methyl sites for hydroxylation is 2. The fourth-order valence-corrected chi connectivity index (χ4v) is 6.10. The maximum Gasteiger partial charge on any atom is 0.339 e. The Morgan fingerprint density at radius 3 is 1.81 bits per heavy atom. The minimum atomic E-state index is -4.20. The second-order valence-electron chi connectivity index (χ2n) is 8.52. The van der Waals surface area contributed by atoms with E-state index in [0.717, 1.165) is 5.56 Å². The van der Waals surface area contributed by atoms with Crippen LogP contribution >= 0.6 is 0 Å². The number of fused-ring (bicyclic) bond motifs is 3. The molecule has 5 rings (SSSR count).